The van der Waals surface area contributed by atoms with Crippen molar-refractivity contribution in [3.05, 3.63) is 72.9 Å². The Labute approximate surface area is 467 Å². The average molecular weight is 1050 g/mol. The van der Waals surface area contributed by atoms with E-state index in [0.29, 0.717) is 12.8 Å². The zero-order valence-corrected chi connectivity index (χ0v) is 50.1. The summed E-state index contributed by atoms with van der Waals surface area (Å²) in [5, 5.41) is 9.68. The van der Waals surface area contributed by atoms with Gasteiger partial charge in [-0.3, -0.25) is 9.59 Å². The Morgan fingerprint density at radius 2 is 0.573 bits per heavy atom. The Balaban J connectivity index is 3.41. The van der Waals surface area contributed by atoms with Crippen LogP contribution in [0.3, 0.4) is 0 Å². The molecule has 0 aromatic heterocycles. The molecule has 5 heteroatoms. The number of hydrogen-bond acceptors (Lipinski definition) is 5. The van der Waals surface area contributed by atoms with E-state index >= 15 is 0 Å². The first-order chi connectivity index (χ1) is 37.1. The molecule has 75 heavy (non-hydrogen) atoms. The van der Waals surface area contributed by atoms with E-state index in [1.807, 2.05) is 0 Å². The molecule has 0 aromatic carbocycles. The highest BCUT2D eigenvalue weighted by Gasteiger charge is 2.16. The van der Waals surface area contributed by atoms with Crippen LogP contribution in [0.4, 0.5) is 0 Å². The van der Waals surface area contributed by atoms with Crippen LogP contribution in [-0.4, -0.2) is 36.4 Å². The Kier molecular flexibility index (Phi) is 63.3. The molecular formula is C70H126O5. The molecule has 0 fully saturated rings. The van der Waals surface area contributed by atoms with Crippen molar-refractivity contribution in [1.82, 2.24) is 0 Å². The van der Waals surface area contributed by atoms with Gasteiger partial charge in [0.15, 0.2) is 6.10 Å². The maximum atomic E-state index is 12.3. The van der Waals surface area contributed by atoms with Crippen LogP contribution in [0.5, 0.6) is 0 Å². The lowest BCUT2D eigenvalue weighted by Gasteiger charge is -2.15. The minimum absolute atomic E-state index is 0.0602. The topological polar surface area (TPSA) is 72.8 Å². The van der Waals surface area contributed by atoms with Crippen molar-refractivity contribution in [3.63, 3.8) is 0 Å². The second-order valence-electron chi connectivity index (χ2n) is 22.2. The summed E-state index contributed by atoms with van der Waals surface area (Å²) in [6.45, 7) is 4.07. The zero-order valence-electron chi connectivity index (χ0n) is 50.1. The van der Waals surface area contributed by atoms with Crippen LogP contribution in [0.2, 0.25) is 0 Å². The molecule has 0 aliphatic rings. The third-order valence-electron chi connectivity index (χ3n) is 14.8. The summed E-state index contributed by atoms with van der Waals surface area (Å²) in [5.41, 5.74) is 0. The maximum Gasteiger partial charge on any atom is 0.306 e. The van der Waals surface area contributed by atoms with Gasteiger partial charge in [0.25, 0.3) is 0 Å². The lowest BCUT2D eigenvalue weighted by Crippen LogP contribution is -2.28. The monoisotopic (exact) mass is 1050 g/mol. The van der Waals surface area contributed by atoms with Crippen LogP contribution >= 0.6 is 0 Å². The van der Waals surface area contributed by atoms with Crippen LogP contribution in [0.1, 0.15) is 341 Å². The molecule has 0 aliphatic heterocycles. The first kappa shape index (κ1) is 72.3. The third kappa shape index (κ3) is 63.8. The van der Waals surface area contributed by atoms with Crippen LogP contribution in [0.15, 0.2) is 72.9 Å². The number of allylic oxidation sites excluding steroid dienone is 12. The van der Waals surface area contributed by atoms with Gasteiger partial charge in [-0.2, -0.15) is 0 Å². The average Bonchev–Trinajstić information content (AvgIpc) is 3.41. The van der Waals surface area contributed by atoms with Crippen LogP contribution in [-0.2, 0) is 19.1 Å². The first-order valence-corrected chi connectivity index (χ1v) is 33.0. The molecule has 436 valence electrons. The summed E-state index contributed by atoms with van der Waals surface area (Å²) in [5.74, 6) is -0.570. The molecule has 0 rings (SSSR count). The number of esters is 2. The van der Waals surface area contributed by atoms with E-state index in [0.717, 1.165) is 70.6 Å². The summed E-state index contributed by atoms with van der Waals surface area (Å²) < 4.78 is 10.7. The van der Waals surface area contributed by atoms with Crippen LogP contribution in [0.25, 0.3) is 0 Å². The number of carbonyl (C=O) groups is 2. The van der Waals surface area contributed by atoms with Crippen molar-refractivity contribution in [2.45, 2.75) is 347 Å². The number of unbranched alkanes of at least 4 members (excludes halogenated alkanes) is 41. The zero-order chi connectivity index (χ0) is 54.1. The summed E-state index contributed by atoms with van der Waals surface area (Å²) in [6.07, 6.45) is 90.7. The van der Waals surface area contributed by atoms with Gasteiger partial charge in [0, 0.05) is 12.8 Å². The minimum Gasteiger partial charge on any atom is -0.462 e. The highest BCUT2D eigenvalue weighted by atomic mass is 16.6. The van der Waals surface area contributed by atoms with E-state index < -0.39 is 6.10 Å². The summed E-state index contributed by atoms with van der Waals surface area (Å²) in [6, 6.07) is 0. The molecule has 0 amide bonds. The van der Waals surface area contributed by atoms with Gasteiger partial charge in [-0.15, -0.1) is 0 Å². The van der Waals surface area contributed by atoms with Gasteiger partial charge in [0.05, 0.1) is 6.61 Å². The largest absolute Gasteiger partial charge is 0.462 e. The number of carbonyl (C=O) groups excluding carboxylic acids is 2. The smallest absolute Gasteiger partial charge is 0.306 e. The van der Waals surface area contributed by atoms with Crippen molar-refractivity contribution >= 4 is 11.9 Å². The second kappa shape index (κ2) is 65.6. The predicted molar refractivity (Wildman–Crippen MR) is 330 cm³/mol. The molecule has 0 aliphatic carbocycles. The van der Waals surface area contributed by atoms with Crippen LogP contribution in [0, 0.1) is 0 Å². The molecule has 5 nitrogen and oxygen atoms in total. The van der Waals surface area contributed by atoms with Gasteiger partial charge < -0.3 is 14.6 Å². The van der Waals surface area contributed by atoms with E-state index in [2.05, 4.69) is 86.8 Å². The Hall–Kier alpha value is -2.66. The molecular weight excluding hydrogens is 921 g/mol. The maximum absolute atomic E-state index is 12.3. The fourth-order valence-electron chi connectivity index (χ4n) is 9.86. The SMILES string of the molecule is CC/C=C\C/C=C\C/C=C\C/C=C\C/C=C\C/C=C\CCCCCCCCCCCCCCCCCCCCCCCCC(=O)OC(CO)COC(=O)CCCCCCCCCCCCCCCCCCCCCC. The van der Waals surface area contributed by atoms with Gasteiger partial charge in [0.1, 0.15) is 6.61 Å². The Bertz CT molecular complexity index is 1320. The molecule has 0 heterocycles. The quantitative estimate of drug-likeness (QED) is 0.0373. The Morgan fingerprint density at radius 3 is 0.867 bits per heavy atom. The van der Waals surface area contributed by atoms with Crippen LogP contribution < -0.4 is 0 Å². The number of aliphatic hydroxyl groups excluding tert-OH is 1. The van der Waals surface area contributed by atoms with E-state index in [1.165, 1.54) is 244 Å². The minimum atomic E-state index is -0.770. The van der Waals surface area contributed by atoms with Crippen molar-refractivity contribution < 1.29 is 24.2 Å². The van der Waals surface area contributed by atoms with Gasteiger partial charge in [-0.1, -0.05) is 337 Å². The predicted octanol–water partition coefficient (Wildman–Crippen LogP) is 22.7. The van der Waals surface area contributed by atoms with Crippen molar-refractivity contribution in [2.75, 3.05) is 13.2 Å². The molecule has 0 radical (unpaired) electrons. The molecule has 0 saturated carbocycles. The van der Waals surface area contributed by atoms with E-state index in [9.17, 15) is 14.7 Å². The molecule has 1 unspecified atom stereocenters. The van der Waals surface area contributed by atoms with Crippen molar-refractivity contribution in [3.8, 4) is 0 Å². The molecule has 0 bridgehead atoms. The summed E-state index contributed by atoms with van der Waals surface area (Å²) >= 11 is 0. The lowest BCUT2D eigenvalue weighted by atomic mass is 10.0. The molecule has 1 atom stereocenters. The van der Waals surface area contributed by atoms with Crippen molar-refractivity contribution in [2.24, 2.45) is 0 Å². The van der Waals surface area contributed by atoms with Gasteiger partial charge in [-0.25, -0.2) is 0 Å². The normalized spacial score (nSPS) is 12.6. The molecule has 0 spiro atoms. The number of rotatable bonds is 61. The summed E-state index contributed by atoms with van der Waals surface area (Å²) in [4.78, 5) is 24.6. The summed E-state index contributed by atoms with van der Waals surface area (Å²) in [7, 11) is 0. The molecule has 0 saturated heterocycles. The number of hydrogen-bond donors (Lipinski definition) is 1. The fraction of sp³-hybridized carbons (Fsp3) is 0.800. The first-order valence-electron chi connectivity index (χ1n) is 33.0. The van der Waals surface area contributed by atoms with E-state index in [4.69, 9.17) is 9.47 Å². The molecule has 0 aromatic rings. The molecule has 1 N–H and O–H groups in total. The van der Waals surface area contributed by atoms with Crippen molar-refractivity contribution in [1.29, 1.82) is 0 Å². The number of aliphatic hydroxyl groups is 1. The second-order valence-corrected chi connectivity index (χ2v) is 22.2. The van der Waals surface area contributed by atoms with Gasteiger partial charge >= 0.3 is 11.9 Å². The Morgan fingerprint density at radius 1 is 0.320 bits per heavy atom. The standard InChI is InChI=1S/C70H126O5/c1-3-5-7-9-11-13-15-17-19-21-23-25-26-27-28-29-30-31-32-33-34-35-36-37-38-39-40-41-42-43-44-45-47-49-51-53-55-57-59-61-63-65-70(73)75-68(66-71)67-74-69(72)64-62-60-58-56-54-52-50-48-46-24-22-20-18-16-14-12-10-8-6-4-2/h5,7,11,13,17,19,23,25,27-28,30-31,68,71H,3-4,6,8-10,12,14-16,18,20-22,24,26,29,32-67H2,1-2H3/b7-5-,13-11-,19-17-,25-23-,28-27-,31-30-. The fourth-order valence-corrected chi connectivity index (χ4v) is 9.86. The van der Waals surface area contributed by atoms with Gasteiger partial charge in [-0.05, 0) is 64.2 Å². The highest BCUT2D eigenvalue weighted by molar-refractivity contribution is 5.70. The lowest BCUT2D eigenvalue weighted by molar-refractivity contribution is -0.161. The van der Waals surface area contributed by atoms with Gasteiger partial charge in [0.2, 0.25) is 0 Å². The van der Waals surface area contributed by atoms with E-state index in [1.54, 1.807) is 0 Å². The third-order valence-corrected chi connectivity index (χ3v) is 14.8. The van der Waals surface area contributed by atoms with E-state index in [-0.39, 0.29) is 25.2 Å². The highest BCUT2D eigenvalue weighted by Crippen LogP contribution is 2.18. The number of ether oxygens (including phenoxy) is 2.